The van der Waals surface area contributed by atoms with Crippen LogP contribution in [0, 0.1) is 10.1 Å². The van der Waals surface area contributed by atoms with Gasteiger partial charge in [0.1, 0.15) is 10.7 Å². The van der Waals surface area contributed by atoms with Crippen molar-refractivity contribution in [1.29, 1.82) is 0 Å². The molecule has 0 aliphatic heterocycles. The quantitative estimate of drug-likeness (QED) is 0.320. The molecule has 0 bridgehead atoms. The fraction of sp³-hybridized carbons (Fsp3) is 0.364. The Morgan fingerprint density at radius 3 is 2.58 bits per heavy atom. The van der Waals surface area contributed by atoms with Gasteiger partial charge in [-0.1, -0.05) is 0 Å². The van der Waals surface area contributed by atoms with Gasteiger partial charge >= 0.3 is 5.88 Å². The van der Waals surface area contributed by atoms with Crippen LogP contribution in [0.2, 0.25) is 0 Å². The predicted molar refractivity (Wildman–Crippen MR) is 75.9 cm³/mol. The molecule has 1 heterocycles. The van der Waals surface area contributed by atoms with Crippen LogP contribution in [-0.4, -0.2) is 41.0 Å². The summed E-state index contributed by atoms with van der Waals surface area (Å²) in [5.41, 5.74) is 0. The lowest BCUT2D eigenvalue weighted by Crippen LogP contribution is -2.22. The zero-order chi connectivity index (χ0) is 14.1. The fourth-order valence-electron chi connectivity index (χ4n) is 1.22. The largest absolute Gasteiger partial charge is 0.433 e. The molecule has 1 rings (SSSR count). The van der Waals surface area contributed by atoms with Crippen LogP contribution >= 0.6 is 23.2 Å². The van der Waals surface area contributed by atoms with E-state index in [9.17, 15) is 10.1 Å². The number of nitro groups is 1. The van der Waals surface area contributed by atoms with E-state index in [4.69, 9.17) is 27.6 Å². The van der Waals surface area contributed by atoms with E-state index >= 15 is 0 Å². The summed E-state index contributed by atoms with van der Waals surface area (Å²) < 4.78 is 4.94. The molecule has 0 fully saturated rings. The van der Waals surface area contributed by atoms with E-state index in [0.717, 1.165) is 0 Å². The number of rotatable bonds is 8. The van der Waals surface area contributed by atoms with Crippen molar-refractivity contribution in [3.63, 3.8) is 0 Å². The third-order valence-electron chi connectivity index (χ3n) is 2.05. The summed E-state index contributed by atoms with van der Waals surface area (Å²) in [4.78, 5) is 9.82. The van der Waals surface area contributed by atoms with Crippen molar-refractivity contribution in [2.24, 2.45) is 5.10 Å². The topological polar surface area (TPSA) is 71.9 Å². The summed E-state index contributed by atoms with van der Waals surface area (Å²) in [6.07, 6.45) is 4.75. The number of nitrogens with zero attached hydrogens (tertiary/aromatic N) is 3. The van der Waals surface area contributed by atoms with Crippen LogP contribution in [0.1, 0.15) is 5.76 Å². The number of hydrogen-bond donors (Lipinski definition) is 0. The van der Waals surface area contributed by atoms with Gasteiger partial charge in [-0.3, -0.25) is 15.1 Å². The van der Waals surface area contributed by atoms with Crippen LogP contribution in [0.4, 0.5) is 5.88 Å². The van der Waals surface area contributed by atoms with Gasteiger partial charge in [0.15, 0.2) is 0 Å². The van der Waals surface area contributed by atoms with Gasteiger partial charge in [0, 0.05) is 31.1 Å². The molecule has 0 amide bonds. The first-order valence-electron chi connectivity index (χ1n) is 5.49. The molecule has 1 aromatic heterocycles. The normalized spacial score (nSPS) is 11.5. The minimum Gasteiger partial charge on any atom is -0.401 e. The Kier molecular flexibility index (Phi) is 6.99. The second-order valence-electron chi connectivity index (χ2n) is 3.39. The lowest BCUT2D eigenvalue weighted by atomic mass is 10.4. The van der Waals surface area contributed by atoms with E-state index in [2.05, 4.69) is 5.10 Å². The van der Waals surface area contributed by atoms with Crippen LogP contribution < -0.4 is 0 Å². The zero-order valence-corrected chi connectivity index (χ0v) is 11.5. The summed E-state index contributed by atoms with van der Waals surface area (Å²) >= 11 is 11.2. The van der Waals surface area contributed by atoms with Crippen molar-refractivity contribution in [2.45, 2.75) is 0 Å². The first-order chi connectivity index (χ1) is 9.17. The molecule has 0 N–H and O–H groups in total. The number of hydrogen-bond acceptors (Lipinski definition) is 5. The molecule has 0 aliphatic carbocycles. The van der Waals surface area contributed by atoms with E-state index in [-0.39, 0.29) is 5.88 Å². The molecule has 0 saturated carbocycles. The third-order valence-corrected chi connectivity index (χ3v) is 2.39. The monoisotopic (exact) mass is 305 g/mol. The molecule has 0 atom stereocenters. The number of furan rings is 1. The Morgan fingerprint density at radius 1 is 1.37 bits per heavy atom. The minimum atomic E-state index is -0.589. The van der Waals surface area contributed by atoms with Gasteiger partial charge in [-0.05, 0) is 18.2 Å². The number of allylic oxidation sites excluding steroid dienone is 1. The Morgan fingerprint density at radius 2 is 2.05 bits per heavy atom. The Balaban J connectivity index is 2.53. The van der Waals surface area contributed by atoms with Crippen molar-refractivity contribution in [3.8, 4) is 0 Å². The third kappa shape index (κ3) is 5.76. The lowest BCUT2D eigenvalue weighted by Gasteiger charge is -2.14. The molecule has 0 radical (unpaired) electrons. The van der Waals surface area contributed by atoms with Gasteiger partial charge in [-0.25, -0.2) is 0 Å². The van der Waals surface area contributed by atoms with Crippen molar-refractivity contribution in [2.75, 3.05) is 24.8 Å². The molecule has 0 unspecified atom stereocenters. The molecule has 1 aromatic rings. The molecule has 0 aliphatic rings. The maximum absolute atomic E-state index is 10.4. The smallest absolute Gasteiger partial charge is 0.401 e. The Bertz CT molecular complexity index is 454. The summed E-state index contributed by atoms with van der Waals surface area (Å²) in [7, 11) is 0. The van der Waals surface area contributed by atoms with Gasteiger partial charge in [0.2, 0.25) is 0 Å². The molecule has 104 valence electrons. The van der Waals surface area contributed by atoms with Crippen LogP contribution in [-0.2, 0) is 0 Å². The lowest BCUT2D eigenvalue weighted by molar-refractivity contribution is -0.402. The molecule has 19 heavy (non-hydrogen) atoms. The van der Waals surface area contributed by atoms with E-state index in [1.165, 1.54) is 12.1 Å². The number of alkyl halides is 2. The zero-order valence-electron chi connectivity index (χ0n) is 10.0. The second kappa shape index (κ2) is 8.55. The van der Waals surface area contributed by atoms with E-state index < -0.39 is 4.92 Å². The minimum absolute atomic E-state index is 0.289. The standard InChI is InChI=1S/C11H13Cl2N3O3/c12-5-8-15(9-6-13)14-7-1-2-10-3-4-11(19-10)16(17)18/h1-4,7H,5-6,8-9H2/b2-1+,14-7+. The van der Waals surface area contributed by atoms with E-state index in [1.807, 2.05) is 0 Å². The molecule has 8 heteroatoms. The first-order valence-corrected chi connectivity index (χ1v) is 6.56. The van der Waals surface area contributed by atoms with Crippen molar-refractivity contribution in [3.05, 3.63) is 34.1 Å². The van der Waals surface area contributed by atoms with Crippen LogP contribution in [0.25, 0.3) is 6.08 Å². The molecular weight excluding hydrogens is 293 g/mol. The van der Waals surface area contributed by atoms with Crippen molar-refractivity contribution in [1.82, 2.24) is 5.01 Å². The fourth-order valence-corrected chi connectivity index (χ4v) is 1.61. The van der Waals surface area contributed by atoms with Crippen LogP contribution in [0.15, 0.2) is 27.7 Å². The summed E-state index contributed by atoms with van der Waals surface area (Å²) in [5.74, 6) is 1.02. The van der Waals surface area contributed by atoms with Crippen molar-refractivity contribution < 1.29 is 9.34 Å². The van der Waals surface area contributed by atoms with Gasteiger partial charge in [-0.15, -0.1) is 23.2 Å². The molecule has 0 saturated heterocycles. The maximum Gasteiger partial charge on any atom is 0.433 e. The average molecular weight is 306 g/mol. The number of halogens is 2. The SMILES string of the molecule is O=[N+]([O-])c1ccc(/C=C/C=N/N(CCCl)CCCl)o1. The highest BCUT2D eigenvalue weighted by Crippen LogP contribution is 2.16. The highest BCUT2D eigenvalue weighted by atomic mass is 35.5. The maximum atomic E-state index is 10.4. The van der Waals surface area contributed by atoms with E-state index in [0.29, 0.717) is 30.6 Å². The van der Waals surface area contributed by atoms with Gasteiger partial charge in [0.25, 0.3) is 0 Å². The van der Waals surface area contributed by atoms with Gasteiger partial charge in [0.05, 0.1) is 6.07 Å². The van der Waals surface area contributed by atoms with Gasteiger partial charge < -0.3 is 4.42 Å². The van der Waals surface area contributed by atoms with E-state index in [1.54, 1.807) is 23.4 Å². The first kappa shape index (κ1) is 15.5. The summed E-state index contributed by atoms with van der Waals surface area (Å²) in [6.45, 7) is 1.20. The molecule has 6 nitrogen and oxygen atoms in total. The predicted octanol–water partition coefficient (Wildman–Crippen LogP) is 2.97. The highest BCUT2D eigenvalue weighted by Gasteiger charge is 2.09. The molecule has 0 aromatic carbocycles. The average Bonchev–Trinajstić information content (AvgIpc) is 2.84. The van der Waals surface area contributed by atoms with Gasteiger partial charge in [-0.2, -0.15) is 5.10 Å². The van der Waals surface area contributed by atoms with Crippen LogP contribution in [0.5, 0.6) is 0 Å². The summed E-state index contributed by atoms with van der Waals surface area (Å²) in [6, 6.07) is 2.81. The Labute approximate surface area is 120 Å². The molecule has 0 spiro atoms. The summed E-state index contributed by atoms with van der Waals surface area (Å²) in [5, 5.41) is 16.3. The molecular formula is C11H13Cl2N3O3. The number of hydrazone groups is 1. The van der Waals surface area contributed by atoms with Crippen LogP contribution in [0.3, 0.4) is 0 Å². The highest BCUT2D eigenvalue weighted by molar-refractivity contribution is 6.18. The van der Waals surface area contributed by atoms with Crippen molar-refractivity contribution >= 4 is 41.4 Å². The second-order valence-corrected chi connectivity index (χ2v) is 4.14. The Hall–Kier alpha value is -1.53.